The maximum absolute atomic E-state index is 12.1. The highest BCUT2D eigenvalue weighted by Gasteiger charge is 2.11. The van der Waals surface area contributed by atoms with E-state index in [2.05, 4.69) is 15.8 Å². The maximum Gasteiger partial charge on any atom is 0.271 e. The summed E-state index contributed by atoms with van der Waals surface area (Å²) in [5.74, 6) is 0.303. The number of nitro benzene ring substituents is 1. The van der Waals surface area contributed by atoms with Crippen LogP contribution in [-0.4, -0.2) is 36.7 Å². The van der Waals surface area contributed by atoms with Crippen molar-refractivity contribution >= 4 is 28.9 Å². The van der Waals surface area contributed by atoms with Gasteiger partial charge in [-0.3, -0.25) is 19.7 Å². The first kappa shape index (κ1) is 22.3. The van der Waals surface area contributed by atoms with Gasteiger partial charge in [0.25, 0.3) is 5.69 Å². The van der Waals surface area contributed by atoms with Crippen LogP contribution in [0.25, 0.3) is 0 Å². The van der Waals surface area contributed by atoms with E-state index in [1.165, 1.54) is 32.4 Å². The Labute approximate surface area is 173 Å². The molecule has 0 heterocycles. The molecule has 158 valence electrons. The number of anilines is 1. The van der Waals surface area contributed by atoms with Gasteiger partial charge in [0.2, 0.25) is 11.8 Å². The van der Waals surface area contributed by atoms with Crippen molar-refractivity contribution in [1.82, 2.24) is 5.43 Å². The SMILES string of the molecule is COc1ccc(CC(=O)N/N=C(/C)CC(=O)Nc2cccc([N+](=O)[O-])c2)cc1OC. The fourth-order valence-corrected chi connectivity index (χ4v) is 2.55. The number of non-ortho nitro benzene ring substituents is 1. The van der Waals surface area contributed by atoms with E-state index in [1.54, 1.807) is 31.2 Å². The average molecular weight is 414 g/mol. The van der Waals surface area contributed by atoms with Gasteiger partial charge < -0.3 is 14.8 Å². The van der Waals surface area contributed by atoms with Crippen LogP contribution in [0.1, 0.15) is 18.9 Å². The zero-order valence-corrected chi connectivity index (χ0v) is 16.8. The van der Waals surface area contributed by atoms with Crippen molar-refractivity contribution in [2.24, 2.45) is 5.10 Å². The summed E-state index contributed by atoms with van der Waals surface area (Å²) in [6.07, 6.45) is -0.0175. The van der Waals surface area contributed by atoms with Gasteiger partial charge in [0.1, 0.15) is 0 Å². The summed E-state index contributed by atoms with van der Waals surface area (Å²) in [6.45, 7) is 1.59. The molecule has 2 aromatic rings. The molecular weight excluding hydrogens is 392 g/mol. The van der Waals surface area contributed by atoms with Gasteiger partial charge in [0.15, 0.2) is 11.5 Å². The van der Waals surface area contributed by atoms with Gasteiger partial charge in [0, 0.05) is 23.5 Å². The minimum absolute atomic E-state index is 0.0665. The van der Waals surface area contributed by atoms with Crippen molar-refractivity contribution in [1.29, 1.82) is 0 Å². The number of hydrazone groups is 1. The molecule has 2 N–H and O–H groups in total. The van der Waals surface area contributed by atoms with Crippen molar-refractivity contribution in [2.45, 2.75) is 19.8 Å². The van der Waals surface area contributed by atoms with Crippen LogP contribution in [0.3, 0.4) is 0 Å². The van der Waals surface area contributed by atoms with E-state index in [-0.39, 0.29) is 24.4 Å². The number of nitro groups is 1. The lowest BCUT2D eigenvalue weighted by Crippen LogP contribution is -2.23. The van der Waals surface area contributed by atoms with Crippen LogP contribution in [-0.2, 0) is 16.0 Å². The molecule has 0 aliphatic heterocycles. The quantitative estimate of drug-likeness (QED) is 0.368. The molecule has 2 rings (SSSR count). The van der Waals surface area contributed by atoms with E-state index in [9.17, 15) is 19.7 Å². The van der Waals surface area contributed by atoms with Crippen molar-refractivity contribution in [3.05, 3.63) is 58.1 Å². The third-order valence-corrected chi connectivity index (χ3v) is 3.94. The van der Waals surface area contributed by atoms with E-state index in [0.717, 1.165) is 0 Å². The second-order valence-electron chi connectivity index (χ2n) is 6.28. The molecule has 30 heavy (non-hydrogen) atoms. The smallest absolute Gasteiger partial charge is 0.271 e. The van der Waals surface area contributed by atoms with Crippen molar-refractivity contribution in [3.8, 4) is 11.5 Å². The zero-order valence-electron chi connectivity index (χ0n) is 16.8. The Morgan fingerprint density at radius 1 is 1.07 bits per heavy atom. The minimum Gasteiger partial charge on any atom is -0.493 e. The number of amides is 2. The third-order valence-electron chi connectivity index (χ3n) is 3.94. The monoisotopic (exact) mass is 414 g/mol. The lowest BCUT2D eigenvalue weighted by molar-refractivity contribution is -0.384. The summed E-state index contributed by atoms with van der Waals surface area (Å²) in [5.41, 5.74) is 3.66. The number of nitrogens with zero attached hydrogens (tertiary/aromatic N) is 2. The van der Waals surface area contributed by atoms with Crippen molar-refractivity contribution in [2.75, 3.05) is 19.5 Å². The van der Waals surface area contributed by atoms with E-state index >= 15 is 0 Å². The van der Waals surface area contributed by atoms with Gasteiger partial charge in [-0.25, -0.2) is 5.43 Å². The molecule has 10 nitrogen and oxygen atoms in total. The van der Waals surface area contributed by atoms with Crippen LogP contribution in [0.5, 0.6) is 11.5 Å². The number of carbonyl (C=O) groups excluding carboxylic acids is 2. The molecule has 0 aromatic heterocycles. The molecule has 0 bridgehead atoms. The summed E-state index contributed by atoms with van der Waals surface area (Å²) in [6, 6.07) is 10.7. The molecule has 0 aliphatic carbocycles. The second-order valence-corrected chi connectivity index (χ2v) is 6.28. The van der Waals surface area contributed by atoms with Crippen LogP contribution in [0.4, 0.5) is 11.4 Å². The van der Waals surface area contributed by atoms with Crippen LogP contribution < -0.4 is 20.2 Å². The summed E-state index contributed by atoms with van der Waals surface area (Å²) < 4.78 is 10.4. The first-order valence-corrected chi connectivity index (χ1v) is 8.89. The van der Waals surface area contributed by atoms with E-state index < -0.39 is 10.8 Å². The standard InChI is InChI=1S/C20H22N4O6/c1-13(9-19(25)21-15-5-4-6-16(12-15)24(27)28)22-23-20(26)11-14-7-8-17(29-2)18(10-14)30-3/h4-8,10,12H,9,11H2,1-3H3,(H,21,25)(H,23,26)/b22-13-. The first-order valence-electron chi connectivity index (χ1n) is 8.89. The molecule has 2 aromatic carbocycles. The molecule has 0 saturated heterocycles. The fraction of sp³-hybridized carbons (Fsp3) is 0.250. The number of benzene rings is 2. The van der Waals surface area contributed by atoms with Crippen molar-refractivity contribution < 1.29 is 24.0 Å². The summed E-state index contributed by atoms with van der Waals surface area (Å²) >= 11 is 0. The Balaban J connectivity index is 1.88. The van der Waals surface area contributed by atoms with Gasteiger partial charge >= 0.3 is 0 Å². The summed E-state index contributed by atoms with van der Waals surface area (Å²) in [7, 11) is 3.03. The van der Waals surface area contributed by atoms with E-state index in [0.29, 0.717) is 28.5 Å². The number of hydrogen-bond acceptors (Lipinski definition) is 7. The molecule has 0 saturated carbocycles. The molecule has 0 unspecified atom stereocenters. The highest BCUT2D eigenvalue weighted by molar-refractivity contribution is 6.05. The Hall–Kier alpha value is -3.95. The molecule has 0 spiro atoms. The Morgan fingerprint density at radius 2 is 1.80 bits per heavy atom. The number of rotatable bonds is 9. The predicted octanol–water partition coefficient (Wildman–Crippen LogP) is 2.68. The second kappa shape index (κ2) is 10.6. The molecular formula is C20H22N4O6. The number of nitrogens with one attached hydrogen (secondary N) is 2. The molecule has 0 radical (unpaired) electrons. The third kappa shape index (κ3) is 6.59. The fourth-order valence-electron chi connectivity index (χ4n) is 2.55. The summed E-state index contributed by atoms with van der Waals surface area (Å²) in [4.78, 5) is 34.4. The molecule has 10 heteroatoms. The van der Waals surface area contributed by atoms with Gasteiger partial charge in [0.05, 0.1) is 32.0 Å². The minimum atomic E-state index is -0.545. The topological polar surface area (TPSA) is 132 Å². The van der Waals surface area contributed by atoms with Crippen molar-refractivity contribution in [3.63, 3.8) is 0 Å². The van der Waals surface area contributed by atoms with Crippen LogP contribution in [0, 0.1) is 10.1 Å². The number of hydrogen-bond donors (Lipinski definition) is 2. The lowest BCUT2D eigenvalue weighted by Gasteiger charge is -2.09. The Bertz CT molecular complexity index is 974. The largest absolute Gasteiger partial charge is 0.493 e. The lowest BCUT2D eigenvalue weighted by atomic mass is 10.1. The van der Waals surface area contributed by atoms with Crippen LogP contribution in [0.2, 0.25) is 0 Å². The van der Waals surface area contributed by atoms with Crippen LogP contribution in [0.15, 0.2) is 47.6 Å². The van der Waals surface area contributed by atoms with Crippen LogP contribution >= 0.6 is 0 Å². The van der Waals surface area contributed by atoms with Gasteiger partial charge in [-0.05, 0) is 30.7 Å². The van der Waals surface area contributed by atoms with Gasteiger partial charge in [-0.1, -0.05) is 12.1 Å². The molecule has 0 atom stereocenters. The van der Waals surface area contributed by atoms with Gasteiger partial charge in [-0.2, -0.15) is 5.10 Å². The average Bonchev–Trinajstić information content (AvgIpc) is 2.72. The highest BCUT2D eigenvalue weighted by atomic mass is 16.6. The number of ether oxygens (including phenoxy) is 2. The molecule has 0 aliphatic rings. The summed E-state index contributed by atoms with van der Waals surface area (Å²) in [5, 5.41) is 17.3. The Morgan fingerprint density at radius 3 is 2.47 bits per heavy atom. The molecule has 2 amide bonds. The maximum atomic E-state index is 12.1. The predicted molar refractivity (Wildman–Crippen MR) is 111 cm³/mol. The zero-order chi connectivity index (χ0) is 22.1. The Kier molecular flexibility index (Phi) is 7.86. The van der Waals surface area contributed by atoms with Gasteiger partial charge in [-0.15, -0.1) is 0 Å². The normalized spacial score (nSPS) is 10.8. The molecule has 0 fully saturated rings. The highest BCUT2D eigenvalue weighted by Crippen LogP contribution is 2.27. The van der Waals surface area contributed by atoms with E-state index in [4.69, 9.17) is 9.47 Å². The van der Waals surface area contributed by atoms with E-state index in [1.807, 2.05) is 0 Å². The number of methoxy groups -OCH3 is 2. The number of carbonyl (C=O) groups is 2. The first-order chi connectivity index (χ1) is 14.3.